The number of piperidine rings is 1. The van der Waals surface area contributed by atoms with Gasteiger partial charge in [-0.05, 0) is 44.6 Å². The molecule has 1 unspecified atom stereocenters. The Morgan fingerprint density at radius 3 is 2.75 bits per heavy atom. The highest BCUT2D eigenvalue weighted by molar-refractivity contribution is 5.94. The minimum atomic E-state index is 0.176. The summed E-state index contributed by atoms with van der Waals surface area (Å²) in [7, 11) is 4.16. The van der Waals surface area contributed by atoms with Crippen LogP contribution in [0.25, 0.3) is 0 Å². The minimum Gasteiger partial charge on any atom is -0.337 e. The van der Waals surface area contributed by atoms with Crippen molar-refractivity contribution in [3.05, 3.63) is 35.4 Å². The Labute approximate surface area is 145 Å². The van der Waals surface area contributed by atoms with Crippen LogP contribution in [0.5, 0.6) is 0 Å². The number of hydrogen-bond donors (Lipinski definition) is 1. The number of carbonyl (C=O) groups excluding carboxylic acids is 1. The van der Waals surface area contributed by atoms with Gasteiger partial charge < -0.3 is 15.1 Å². The van der Waals surface area contributed by atoms with E-state index in [0.29, 0.717) is 6.04 Å². The zero-order valence-electron chi connectivity index (χ0n) is 15.0. The predicted molar refractivity (Wildman–Crippen MR) is 97.2 cm³/mol. The Morgan fingerprint density at radius 1 is 1.21 bits per heavy atom. The SMILES string of the molecule is CNC1CCCN(C(=O)c2cccc(CN3CCN(C)CC3)c2)C1. The van der Waals surface area contributed by atoms with Gasteiger partial charge in [-0.3, -0.25) is 9.69 Å². The van der Waals surface area contributed by atoms with Gasteiger partial charge in [0.2, 0.25) is 0 Å². The van der Waals surface area contributed by atoms with Crippen LogP contribution in [-0.2, 0) is 6.54 Å². The van der Waals surface area contributed by atoms with Crippen LogP contribution in [0.2, 0.25) is 0 Å². The molecule has 2 aliphatic rings. The monoisotopic (exact) mass is 330 g/mol. The molecule has 2 aliphatic heterocycles. The molecule has 5 heteroatoms. The summed E-state index contributed by atoms with van der Waals surface area (Å²) >= 11 is 0. The molecule has 0 bridgehead atoms. The van der Waals surface area contributed by atoms with Crippen LogP contribution in [0.3, 0.4) is 0 Å². The van der Waals surface area contributed by atoms with Gasteiger partial charge in [-0.1, -0.05) is 12.1 Å². The number of likely N-dealkylation sites (N-methyl/N-ethyl adjacent to an activating group) is 2. The van der Waals surface area contributed by atoms with Crippen LogP contribution >= 0.6 is 0 Å². The first-order chi connectivity index (χ1) is 11.7. The highest BCUT2D eigenvalue weighted by Gasteiger charge is 2.23. The van der Waals surface area contributed by atoms with E-state index < -0.39 is 0 Å². The van der Waals surface area contributed by atoms with Gasteiger partial charge >= 0.3 is 0 Å². The number of hydrogen-bond acceptors (Lipinski definition) is 4. The minimum absolute atomic E-state index is 0.176. The van der Waals surface area contributed by atoms with Crippen LogP contribution in [0.4, 0.5) is 0 Å². The third kappa shape index (κ3) is 4.35. The average Bonchev–Trinajstić information content (AvgIpc) is 2.63. The third-order valence-corrected chi connectivity index (χ3v) is 5.29. The molecule has 1 aromatic carbocycles. The topological polar surface area (TPSA) is 38.8 Å². The summed E-state index contributed by atoms with van der Waals surface area (Å²) in [6.07, 6.45) is 2.24. The first-order valence-corrected chi connectivity index (χ1v) is 9.12. The molecule has 1 amide bonds. The van der Waals surface area contributed by atoms with Crippen molar-refractivity contribution in [3.63, 3.8) is 0 Å². The molecule has 0 aromatic heterocycles. The van der Waals surface area contributed by atoms with E-state index in [-0.39, 0.29) is 5.91 Å². The van der Waals surface area contributed by atoms with Gasteiger partial charge in [-0.2, -0.15) is 0 Å². The molecular weight excluding hydrogens is 300 g/mol. The van der Waals surface area contributed by atoms with Gasteiger partial charge in [0.25, 0.3) is 5.91 Å². The second kappa shape index (κ2) is 8.10. The zero-order valence-corrected chi connectivity index (χ0v) is 15.0. The van der Waals surface area contributed by atoms with Crippen LogP contribution in [-0.4, -0.2) is 80.0 Å². The Kier molecular flexibility index (Phi) is 5.87. The number of nitrogens with one attached hydrogen (secondary N) is 1. The van der Waals surface area contributed by atoms with Gasteiger partial charge in [-0.15, -0.1) is 0 Å². The highest BCUT2D eigenvalue weighted by atomic mass is 16.2. The molecule has 5 nitrogen and oxygen atoms in total. The second-order valence-corrected chi connectivity index (χ2v) is 7.16. The first kappa shape index (κ1) is 17.4. The summed E-state index contributed by atoms with van der Waals surface area (Å²) in [5, 5.41) is 3.30. The normalized spacial score (nSPS) is 23.4. The maximum Gasteiger partial charge on any atom is 0.253 e. The van der Waals surface area contributed by atoms with E-state index in [0.717, 1.165) is 64.2 Å². The molecule has 2 heterocycles. The lowest BCUT2D eigenvalue weighted by atomic mass is 10.0. The summed E-state index contributed by atoms with van der Waals surface area (Å²) in [5.74, 6) is 0.176. The van der Waals surface area contributed by atoms with E-state index in [1.54, 1.807) is 0 Å². The number of nitrogens with zero attached hydrogens (tertiary/aromatic N) is 3. The number of rotatable bonds is 4. The lowest BCUT2D eigenvalue weighted by Crippen LogP contribution is -2.47. The van der Waals surface area contributed by atoms with Crippen molar-refractivity contribution in [3.8, 4) is 0 Å². The molecule has 0 spiro atoms. The fraction of sp³-hybridized carbons (Fsp3) is 0.632. The molecule has 0 radical (unpaired) electrons. The van der Waals surface area contributed by atoms with Crippen molar-refractivity contribution >= 4 is 5.91 Å². The van der Waals surface area contributed by atoms with E-state index in [9.17, 15) is 4.79 Å². The fourth-order valence-corrected chi connectivity index (χ4v) is 3.65. The molecule has 132 valence electrons. The number of piperazine rings is 1. The largest absolute Gasteiger partial charge is 0.337 e. The number of likely N-dealkylation sites (tertiary alicyclic amines) is 1. The van der Waals surface area contributed by atoms with Gasteiger partial charge in [-0.25, -0.2) is 0 Å². The van der Waals surface area contributed by atoms with E-state index in [1.807, 2.05) is 24.1 Å². The van der Waals surface area contributed by atoms with Crippen LogP contribution in [0, 0.1) is 0 Å². The molecule has 1 N–H and O–H groups in total. The van der Waals surface area contributed by atoms with Gasteiger partial charge in [0.1, 0.15) is 0 Å². The second-order valence-electron chi connectivity index (χ2n) is 7.16. The van der Waals surface area contributed by atoms with Crippen LogP contribution < -0.4 is 5.32 Å². The van der Waals surface area contributed by atoms with E-state index in [2.05, 4.69) is 34.3 Å². The summed E-state index contributed by atoms with van der Waals surface area (Å²) in [4.78, 5) is 19.7. The van der Waals surface area contributed by atoms with Crippen LogP contribution in [0.15, 0.2) is 24.3 Å². The molecule has 24 heavy (non-hydrogen) atoms. The van der Waals surface area contributed by atoms with Gasteiger partial charge in [0, 0.05) is 57.4 Å². The van der Waals surface area contributed by atoms with E-state index in [4.69, 9.17) is 0 Å². The van der Waals surface area contributed by atoms with Crippen molar-refractivity contribution < 1.29 is 4.79 Å². The Hall–Kier alpha value is -1.43. The smallest absolute Gasteiger partial charge is 0.253 e. The van der Waals surface area contributed by atoms with Crippen molar-refractivity contribution in [2.45, 2.75) is 25.4 Å². The first-order valence-electron chi connectivity index (χ1n) is 9.12. The summed E-state index contributed by atoms with van der Waals surface area (Å²) < 4.78 is 0. The summed E-state index contributed by atoms with van der Waals surface area (Å²) in [5.41, 5.74) is 2.07. The fourth-order valence-electron chi connectivity index (χ4n) is 3.65. The standard InChI is InChI=1S/C19H30N4O/c1-20-18-7-4-8-23(15-18)19(24)17-6-3-5-16(13-17)14-22-11-9-21(2)10-12-22/h3,5-6,13,18,20H,4,7-12,14-15H2,1-2H3. The molecule has 1 aromatic rings. The Morgan fingerprint density at radius 2 is 2.00 bits per heavy atom. The van der Waals surface area contributed by atoms with Crippen molar-refractivity contribution in [2.75, 3.05) is 53.4 Å². The van der Waals surface area contributed by atoms with Crippen molar-refractivity contribution in [2.24, 2.45) is 0 Å². The van der Waals surface area contributed by atoms with E-state index in [1.165, 1.54) is 5.56 Å². The van der Waals surface area contributed by atoms with Crippen molar-refractivity contribution in [1.29, 1.82) is 0 Å². The molecule has 2 saturated heterocycles. The average molecular weight is 330 g/mol. The number of amides is 1. The van der Waals surface area contributed by atoms with Crippen molar-refractivity contribution in [1.82, 2.24) is 20.0 Å². The quantitative estimate of drug-likeness (QED) is 0.902. The molecule has 0 saturated carbocycles. The molecule has 0 aliphatic carbocycles. The lowest BCUT2D eigenvalue weighted by Gasteiger charge is -2.33. The highest BCUT2D eigenvalue weighted by Crippen LogP contribution is 2.16. The molecule has 1 atom stereocenters. The van der Waals surface area contributed by atoms with E-state index >= 15 is 0 Å². The maximum atomic E-state index is 12.8. The summed E-state index contributed by atoms with van der Waals surface area (Å²) in [6, 6.07) is 8.64. The zero-order chi connectivity index (χ0) is 16.9. The predicted octanol–water partition coefficient (Wildman–Crippen LogP) is 1.26. The lowest BCUT2D eigenvalue weighted by molar-refractivity contribution is 0.0698. The third-order valence-electron chi connectivity index (χ3n) is 5.29. The van der Waals surface area contributed by atoms with Gasteiger partial charge in [0.05, 0.1) is 0 Å². The Balaban J connectivity index is 1.63. The molecule has 2 fully saturated rings. The summed E-state index contributed by atoms with van der Waals surface area (Å²) in [6.45, 7) is 7.08. The Bertz CT molecular complexity index is 554. The maximum absolute atomic E-state index is 12.8. The molecule has 3 rings (SSSR count). The number of benzene rings is 1. The molecular formula is C19H30N4O. The van der Waals surface area contributed by atoms with Crippen LogP contribution in [0.1, 0.15) is 28.8 Å². The number of carbonyl (C=O) groups is 1. The van der Waals surface area contributed by atoms with Gasteiger partial charge in [0.15, 0.2) is 0 Å².